The van der Waals surface area contributed by atoms with Gasteiger partial charge in [-0.2, -0.15) is 9.97 Å². The Morgan fingerprint density at radius 2 is 1.24 bits per heavy atom. The molecule has 0 spiro atoms. The van der Waals surface area contributed by atoms with Gasteiger partial charge in [0.25, 0.3) is 0 Å². The predicted octanol–water partition coefficient (Wildman–Crippen LogP) is 10.9. The minimum atomic E-state index is 0.272. The first-order valence-electron chi connectivity index (χ1n) is 16.9. The van der Waals surface area contributed by atoms with Crippen molar-refractivity contribution in [1.29, 1.82) is 0 Å². The van der Waals surface area contributed by atoms with Crippen LogP contribution in [0.5, 0.6) is 0 Å². The summed E-state index contributed by atoms with van der Waals surface area (Å²) in [4.78, 5) is 22.0. The van der Waals surface area contributed by atoms with Crippen LogP contribution in [0.3, 0.4) is 0 Å². The molecule has 10 rings (SSSR count). The van der Waals surface area contributed by atoms with Crippen LogP contribution in [0.15, 0.2) is 140 Å². The van der Waals surface area contributed by atoms with Crippen LogP contribution < -0.4 is 0 Å². The number of pyridine rings is 1. The van der Waals surface area contributed by atoms with E-state index in [4.69, 9.17) is 19.9 Å². The summed E-state index contributed by atoms with van der Waals surface area (Å²) in [5, 5.41) is 2.40. The van der Waals surface area contributed by atoms with Gasteiger partial charge in [0.15, 0.2) is 11.6 Å². The lowest BCUT2D eigenvalue weighted by Crippen LogP contribution is -2.08. The van der Waals surface area contributed by atoms with Crippen LogP contribution in [0.1, 0.15) is 30.5 Å². The fourth-order valence-electron chi connectivity index (χ4n) is 7.37. The molecule has 9 aromatic rings. The van der Waals surface area contributed by atoms with E-state index in [0.29, 0.717) is 17.6 Å². The zero-order chi connectivity index (χ0) is 33.2. The lowest BCUT2D eigenvalue weighted by molar-refractivity contribution is 0.767. The molecule has 7 heteroatoms. The minimum Gasteiger partial charge on any atom is -0.292 e. The van der Waals surface area contributed by atoms with E-state index in [1.807, 2.05) is 42.5 Å². The van der Waals surface area contributed by atoms with Gasteiger partial charge in [-0.15, -0.1) is 11.3 Å². The average molecular weight is 663 g/mol. The molecule has 6 nitrogen and oxygen atoms in total. The Balaban J connectivity index is 1.35. The van der Waals surface area contributed by atoms with E-state index in [0.717, 1.165) is 56.2 Å². The number of hydrogen-bond donors (Lipinski definition) is 0. The molecule has 0 radical (unpaired) electrons. The maximum Gasteiger partial charge on any atom is 0.239 e. The Morgan fingerprint density at radius 3 is 1.94 bits per heavy atom. The Hall–Kier alpha value is -6.18. The number of hydrogen-bond acceptors (Lipinski definition) is 5. The summed E-state index contributed by atoms with van der Waals surface area (Å²) in [6.45, 7) is 2.32. The first kappa shape index (κ1) is 28.8. The highest BCUT2D eigenvalue weighted by Crippen LogP contribution is 2.49. The topological polar surface area (TPSA) is 61.4 Å². The highest BCUT2D eigenvalue weighted by molar-refractivity contribution is 7.25. The van der Waals surface area contributed by atoms with Gasteiger partial charge in [0.2, 0.25) is 5.95 Å². The molecule has 0 bridgehead atoms. The number of fused-ring (bicyclic) bond motifs is 7. The summed E-state index contributed by atoms with van der Waals surface area (Å²) in [5.74, 6) is 3.05. The molecule has 0 saturated carbocycles. The summed E-state index contributed by atoms with van der Waals surface area (Å²) in [6.07, 6.45) is 5.51. The van der Waals surface area contributed by atoms with Crippen LogP contribution in [0.25, 0.3) is 83.2 Å². The molecule has 5 heterocycles. The Bertz CT molecular complexity index is 2680. The summed E-state index contributed by atoms with van der Waals surface area (Å²) in [6, 6.07) is 45.8. The molecule has 0 N–H and O–H groups in total. The van der Waals surface area contributed by atoms with Crippen LogP contribution >= 0.6 is 11.3 Å². The second-order valence-corrected chi connectivity index (χ2v) is 13.8. The van der Waals surface area contributed by atoms with Gasteiger partial charge < -0.3 is 0 Å². The van der Waals surface area contributed by atoms with Crippen molar-refractivity contribution in [2.75, 3.05) is 0 Å². The lowest BCUT2D eigenvalue weighted by atomic mass is 9.92. The minimum absolute atomic E-state index is 0.272. The fourth-order valence-corrected chi connectivity index (χ4v) is 8.58. The molecule has 5 aromatic heterocycles. The van der Waals surface area contributed by atoms with E-state index >= 15 is 0 Å². The first-order valence-corrected chi connectivity index (χ1v) is 17.7. The predicted molar refractivity (Wildman–Crippen MR) is 205 cm³/mol. The van der Waals surface area contributed by atoms with Crippen molar-refractivity contribution < 1.29 is 0 Å². The summed E-state index contributed by atoms with van der Waals surface area (Å²) >= 11 is 1.78. The van der Waals surface area contributed by atoms with Gasteiger partial charge in [0, 0.05) is 37.7 Å². The van der Waals surface area contributed by atoms with Gasteiger partial charge in [-0.3, -0.25) is 9.13 Å². The van der Waals surface area contributed by atoms with E-state index in [-0.39, 0.29) is 5.92 Å². The van der Waals surface area contributed by atoms with Crippen molar-refractivity contribution in [3.8, 4) is 45.8 Å². The zero-order valence-corrected chi connectivity index (χ0v) is 28.0. The normalized spacial score (nSPS) is 14.1. The molecule has 0 saturated heterocycles. The smallest absolute Gasteiger partial charge is 0.239 e. The third kappa shape index (κ3) is 4.47. The molecule has 0 amide bonds. The SMILES string of the molecule is CC1CC=Cc2c1c1c(c3c4ccccc4sc3n1-c1nc(-c3ccccc3)nc(-c3ccccc3)n1)n2-c1cccc(-c2ccccc2)n1. The number of allylic oxidation sites excluding steroid dienone is 1. The van der Waals surface area contributed by atoms with Crippen molar-refractivity contribution in [2.45, 2.75) is 19.3 Å². The van der Waals surface area contributed by atoms with Crippen molar-refractivity contribution in [3.63, 3.8) is 0 Å². The van der Waals surface area contributed by atoms with Gasteiger partial charge in [0.1, 0.15) is 10.6 Å². The van der Waals surface area contributed by atoms with Gasteiger partial charge in [-0.25, -0.2) is 9.97 Å². The van der Waals surface area contributed by atoms with Gasteiger partial charge in [0.05, 0.1) is 22.4 Å². The molecule has 1 aliphatic carbocycles. The fraction of sp³-hybridized carbons (Fsp3) is 0.0698. The Labute approximate surface area is 292 Å². The number of benzene rings is 4. The molecule has 50 heavy (non-hydrogen) atoms. The second kappa shape index (κ2) is 11.5. The van der Waals surface area contributed by atoms with Crippen molar-refractivity contribution in [2.24, 2.45) is 0 Å². The van der Waals surface area contributed by atoms with Crippen LogP contribution in [-0.2, 0) is 0 Å². The van der Waals surface area contributed by atoms with Crippen LogP contribution in [0, 0.1) is 0 Å². The number of thiophene rings is 1. The van der Waals surface area contributed by atoms with E-state index < -0.39 is 0 Å². The van der Waals surface area contributed by atoms with E-state index in [9.17, 15) is 0 Å². The molecular formula is C43H30N6S. The van der Waals surface area contributed by atoms with Crippen LogP contribution in [0.4, 0.5) is 0 Å². The number of aromatic nitrogens is 6. The third-order valence-corrected chi connectivity index (χ3v) is 10.8. The molecule has 1 atom stereocenters. The molecule has 238 valence electrons. The molecule has 0 fully saturated rings. The highest BCUT2D eigenvalue weighted by atomic mass is 32.1. The Morgan fingerprint density at radius 1 is 0.600 bits per heavy atom. The van der Waals surface area contributed by atoms with Crippen LogP contribution in [0.2, 0.25) is 0 Å². The summed E-state index contributed by atoms with van der Waals surface area (Å²) < 4.78 is 5.90. The number of rotatable bonds is 5. The second-order valence-electron chi connectivity index (χ2n) is 12.7. The zero-order valence-electron chi connectivity index (χ0n) is 27.2. The monoisotopic (exact) mass is 662 g/mol. The quantitative estimate of drug-likeness (QED) is 0.184. The first-order chi connectivity index (χ1) is 24.7. The van der Waals surface area contributed by atoms with Crippen molar-refractivity contribution in [1.82, 2.24) is 29.1 Å². The van der Waals surface area contributed by atoms with Crippen molar-refractivity contribution >= 4 is 48.7 Å². The summed E-state index contributed by atoms with van der Waals surface area (Å²) in [7, 11) is 0. The van der Waals surface area contributed by atoms with E-state index in [2.05, 4.69) is 119 Å². The van der Waals surface area contributed by atoms with Gasteiger partial charge in [-0.1, -0.05) is 128 Å². The molecule has 4 aromatic carbocycles. The molecule has 0 aliphatic heterocycles. The van der Waals surface area contributed by atoms with E-state index in [1.54, 1.807) is 11.3 Å². The van der Waals surface area contributed by atoms with Crippen molar-refractivity contribution in [3.05, 3.63) is 151 Å². The molecular weight excluding hydrogens is 633 g/mol. The maximum atomic E-state index is 5.31. The highest BCUT2D eigenvalue weighted by Gasteiger charge is 2.32. The lowest BCUT2D eigenvalue weighted by Gasteiger charge is -2.18. The average Bonchev–Trinajstić information content (AvgIpc) is 3.82. The Kier molecular flexibility index (Phi) is 6.60. The molecule has 1 aliphatic rings. The maximum absolute atomic E-state index is 5.31. The third-order valence-electron chi connectivity index (χ3n) is 9.64. The standard InChI is InChI=1S/C43H30N6S/c1-27-15-13-24-33-36(27)38-39(48(33)35-26-14-23-32(44-35)28-16-5-2-6-17-28)37-31-22-11-12-25-34(31)50-42(37)49(38)43-46-40(29-18-7-3-8-19-29)45-41(47-43)30-20-9-4-10-21-30/h2-14,16-27H,15H2,1H3. The summed E-state index contributed by atoms with van der Waals surface area (Å²) in [5.41, 5.74) is 8.61. The van der Waals surface area contributed by atoms with Gasteiger partial charge in [-0.05, 0) is 36.6 Å². The van der Waals surface area contributed by atoms with E-state index in [1.165, 1.54) is 21.0 Å². The largest absolute Gasteiger partial charge is 0.292 e. The van der Waals surface area contributed by atoms with Crippen LogP contribution in [-0.4, -0.2) is 29.1 Å². The molecule has 1 unspecified atom stereocenters. The number of nitrogens with zero attached hydrogens (tertiary/aromatic N) is 6. The van der Waals surface area contributed by atoms with Gasteiger partial charge >= 0.3 is 0 Å².